The number of Topliss-reactive ketones (excluding diaryl/α,β-unsaturated/α-hetero) is 1. The molecule has 0 saturated heterocycles. The molecule has 5 rings (SSSR count). The summed E-state index contributed by atoms with van der Waals surface area (Å²) < 4.78 is 15.4. The first-order valence-corrected chi connectivity index (χ1v) is 12.2. The van der Waals surface area contributed by atoms with Crippen LogP contribution in [0.2, 0.25) is 0 Å². The van der Waals surface area contributed by atoms with Crippen molar-refractivity contribution in [3.63, 3.8) is 0 Å². The summed E-state index contributed by atoms with van der Waals surface area (Å²) in [5.41, 5.74) is -0.538. The van der Waals surface area contributed by atoms with Crippen LogP contribution in [-0.2, 0) is 23.9 Å². The van der Waals surface area contributed by atoms with Crippen LogP contribution in [0.1, 0.15) is 78.8 Å². The maximum atomic E-state index is 12.9. The maximum Gasteiger partial charge on any atom is 0.344 e. The van der Waals surface area contributed by atoms with E-state index < -0.39 is 30.2 Å². The van der Waals surface area contributed by atoms with Crippen LogP contribution in [0.25, 0.3) is 0 Å². The topological polar surface area (TPSA) is 141 Å². The Balaban J connectivity index is 1.29. The second kappa shape index (κ2) is 9.83. The van der Waals surface area contributed by atoms with E-state index in [-0.39, 0.29) is 47.2 Å². The molecule has 35 heavy (non-hydrogen) atoms. The molecule has 0 unspecified atom stereocenters. The highest BCUT2D eigenvalue weighted by atomic mass is 16.5. The molecule has 10 nitrogen and oxygen atoms in total. The van der Waals surface area contributed by atoms with Crippen LogP contribution in [0.5, 0.6) is 0 Å². The van der Waals surface area contributed by atoms with E-state index in [9.17, 15) is 24.0 Å². The molecule has 1 aromatic heterocycles. The molecule has 0 aliphatic heterocycles. The highest BCUT2D eigenvalue weighted by Crippen LogP contribution is 2.60. The first-order valence-electron chi connectivity index (χ1n) is 12.2. The van der Waals surface area contributed by atoms with Gasteiger partial charge in [-0.25, -0.2) is 4.79 Å². The largest absolute Gasteiger partial charge is 0.462 e. The number of carbonyl (C=O) groups excluding carboxylic acids is 5. The molecule has 0 spiro atoms. The van der Waals surface area contributed by atoms with Crippen molar-refractivity contribution in [2.24, 2.45) is 23.2 Å². The van der Waals surface area contributed by atoms with Crippen molar-refractivity contribution in [2.75, 3.05) is 25.1 Å². The van der Waals surface area contributed by atoms with Gasteiger partial charge in [-0.3, -0.25) is 24.5 Å². The fraction of sp³-hybridized carbons (Fsp3) is 0.640. The van der Waals surface area contributed by atoms with Crippen LogP contribution in [0.4, 0.5) is 5.88 Å². The van der Waals surface area contributed by atoms with Crippen molar-refractivity contribution in [1.82, 2.24) is 5.32 Å². The normalized spacial score (nSPS) is 26.2. The first-order chi connectivity index (χ1) is 16.6. The quantitative estimate of drug-likeness (QED) is 0.399. The van der Waals surface area contributed by atoms with E-state index in [1.165, 1.54) is 33.1 Å². The average molecular weight is 489 g/mol. The number of aryl methyl sites for hydroxylation is 1. The molecule has 2 amide bonds. The summed E-state index contributed by atoms with van der Waals surface area (Å²) in [7, 11) is 0. The van der Waals surface area contributed by atoms with Crippen LogP contribution in [-0.4, -0.2) is 49.3 Å². The van der Waals surface area contributed by atoms with E-state index in [2.05, 4.69) is 10.6 Å². The standard InChI is InChI=1S/C25H32N2O8/c1-4-33-23(31)21-20(13(2)28)14(3)35-22(21)27-18(29)12-34-19(30)11-26-24(32)25-8-15-5-16(9-25)7-17(6-15)10-25/h15-17H,4-12H2,1-3H3,(H,26,32)(H,27,29). The van der Waals surface area contributed by atoms with Crippen molar-refractivity contribution in [3.05, 3.63) is 16.9 Å². The lowest BCUT2D eigenvalue weighted by Gasteiger charge is -2.55. The second-order valence-corrected chi connectivity index (χ2v) is 10.1. The number of hydrogen-bond donors (Lipinski definition) is 2. The van der Waals surface area contributed by atoms with E-state index in [4.69, 9.17) is 13.9 Å². The Bertz CT molecular complexity index is 1020. The molecular weight excluding hydrogens is 456 g/mol. The van der Waals surface area contributed by atoms with E-state index in [0.717, 1.165) is 19.3 Å². The molecule has 10 heteroatoms. The molecular formula is C25H32N2O8. The van der Waals surface area contributed by atoms with Crippen molar-refractivity contribution in [2.45, 2.75) is 59.3 Å². The zero-order valence-electron chi connectivity index (χ0n) is 20.4. The van der Waals surface area contributed by atoms with Crippen LogP contribution in [0.3, 0.4) is 0 Å². The highest BCUT2D eigenvalue weighted by Gasteiger charge is 2.54. The number of rotatable bonds is 9. The Morgan fingerprint density at radius 2 is 1.57 bits per heavy atom. The average Bonchev–Trinajstić information content (AvgIpc) is 3.11. The Hall–Kier alpha value is -3.17. The van der Waals surface area contributed by atoms with Crippen LogP contribution >= 0.6 is 0 Å². The molecule has 0 atom stereocenters. The number of amides is 2. The van der Waals surface area contributed by atoms with Crippen LogP contribution < -0.4 is 10.6 Å². The molecule has 4 bridgehead atoms. The monoisotopic (exact) mass is 488 g/mol. The summed E-state index contributed by atoms with van der Waals surface area (Å²) in [6.07, 6.45) is 6.29. The molecule has 0 radical (unpaired) electrons. The molecule has 1 aromatic rings. The van der Waals surface area contributed by atoms with E-state index in [1.54, 1.807) is 6.92 Å². The van der Waals surface area contributed by atoms with Crippen LogP contribution in [0.15, 0.2) is 4.42 Å². The molecule has 4 aliphatic carbocycles. The minimum atomic E-state index is -0.811. The molecule has 2 N–H and O–H groups in total. The summed E-state index contributed by atoms with van der Waals surface area (Å²) in [5, 5.41) is 5.06. The van der Waals surface area contributed by atoms with Gasteiger partial charge in [0.15, 0.2) is 12.4 Å². The number of esters is 2. The van der Waals surface area contributed by atoms with Gasteiger partial charge in [-0.05, 0) is 77.0 Å². The Kier molecular flexibility index (Phi) is 7.00. The number of hydrogen-bond acceptors (Lipinski definition) is 8. The van der Waals surface area contributed by atoms with Crippen molar-refractivity contribution in [3.8, 4) is 0 Å². The fourth-order valence-corrected chi connectivity index (χ4v) is 6.54. The predicted octanol–water partition coefficient (Wildman–Crippen LogP) is 2.78. The van der Waals surface area contributed by atoms with Crippen molar-refractivity contribution < 1.29 is 37.9 Å². The maximum absolute atomic E-state index is 12.9. The number of ketones is 1. The molecule has 0 aromatic carbocycles. The van der Waals surface area contributed by atoms with Gasteiger partial charge in [-0.15, -0.1) is 0 Å². The minimum Gasteiger partial charge on any atom is -0.462 e. The minimum absolute atomic E-state index is 0.0168. The summed E-state index contributed by atoms with van der Waals surface area (Å²) in [6.45, 7) is 3.46. The molecule has 4 fully saturated rings. The van der Waals surface area contributed by atoms with E-state index in [1.807, 2.05) is 0 Å². The third kappa shape index (κ3) is 5.11. The molecule has 4 saturated carbocycles. The third-order valence-corrected chi connectivity index (χ3v) is 7.45. The first kappa shape index (κ1) is 24.9. The zero-order valence-corrected chi connectivity index (χ0v) is 20.4. The van der Waals surface area contributed by atoms with Crippen LogP contribution in [0, 0.1) is 30.1 Å². The van der Waals surface area contributed by atoms with Gasteiger partial charge >= 0.3 is 11.9 Å². The lowest BCUT2D eigenvalue weighted by molar-refractivity contribution is -0.152. The zero-order chi connectivity index (χ0) is 25.3. The number of ether oxygens (including phenoxy) is 2. The predicted molar refractivity (Wildman–Crippen MR) is 123 cm³/mol. The number of carbonyl (C=O) groups is 5. The second-order valence-electron chi connectivity index (χ2n) is 10.1. The van der Waals surface area contributed by atoms with Gasteiger partial charge in [0.2, 0.25) is 11.8 Å². The van der Waals surface area contributed by atoms with E-state index >= 15 is 0 Å². The van der Waals surface area contributed by atoms with Gasteiger partial charge < -0.3 is 19.2 Å². The van der Waals surface area contributed by atoms with Gasteiger partial charge in [0.1, 0.15) is 17.9 Å². The van der Waals surface area contributed by atoms with Gasteiger partial charge in [0.05, 0.1) is 12.2 Å². The smallest absolute Gasteiger partial charge is 0.344 e. The van der Waals surface area contributed by atoms with Gasteiger partial charge in [0, 0.05) is 5.41 Å². The molecule has 1 heterocycles. The van der Waals surface area contributed by atoms with Gasteiger partial charge in [0.25, 0.3) is 5.91 Å². The number of nitrogens with one attached hydrogen (secondary N) is 2. The fourth-order valence-electron chi connectivity index (χ4n) is 6.54. The number of furan rings is 1. The van der Waals surface area contributed by atoms with Crippen molar-refractivity contribution in [1.29, 1.82) is 0 Å². The van der Waals surface area contributed by atoms with Gasteiger partial charge in [-0.2, -0.15) is 0 Å². The SMILES string of the molecule is CCOC(=O)c1c(NC(=O)COC(=O)CNC(=O)C23CC4CC(CC(C4)C2)C3)oc(C)c1C(C)=O. The van der Waals surface area contributed by atoms with Gasteiger partial charge in [-0.1, -0.05) is 0 Å². The molecule has 190 valence electrons. The summed E-state index contributed by atoms with van der Waals surface area (Å²) >= 11 is 0. The highest BCUT2D eigenvalue weighted by molar-refractivity contribution is 6.10. The summed E-state index contributed by atoms with van der Waals surface area (Å²) in [5.74, 6) is -1.11. The lowest BCUT2D eigenvalue weighted by Crippen LogP contribution is -2.54. The third-order valence-electron chi connectivity index (χ3n) is 7.45. The Morgan fingerprint density at radius 3 is 2.11 bits per heavy atom. The Morgan fingerprint density at radius 1 is 0.971 bits per heavy atom. The number of anilines is 1. The Labute approximate surface area is 203 Å². The van der Waals surface area contributed by atoms with E-state index in [0.29, 0.717) is 17.8 Å². The lowest BCUT2D eigenvalue weighted by atomic mass is 9.49. The summed E-state index contributed by atoms with van der Waals surface area (Å²) in [4.78, 5) is 61.7. The molecule has 4 aliphatic rings. The van der Waals surface area contributed by atoms with Crippen molar-refractivity contribution >= 4 is 35.4 Å². The summed E-state index contributed by atoms with van der Waals surface area (Å²) in [6, 6.07) is 0.